The molecule has 3 heterocycles. The second-order valence-corrected chi connectivity index (χ2v) is 8.95. The molecule has 24 heavy (non-hydrogen) atoms. The smallest absolute Gasteiger partial charge is 0.272 e. The minimum absolute atomic E-state index is 0.0564. The molecule has 0 radical (unpaired) electrons. The molecule has 3 rings (SSSR count). The number of hydrogen-bond donors (Lipinski definition) is 0. The van der Waals surface area contributed by atoms with E-state index in [2.05, 4.69) is 37.8 Å². The molecule has 0 saturated carbocycles. The van der Waals surface area contributed by atoms with E-state index in [9.17, 15) is 4.79 Å². The molecule has 1 unspecified atom stereocenters. The Hall–Kier alpha value is -1.69. The lowest BCUT2D eigenvalue weighted by atomic mass is 9.92. The maximum Gasteiger partial charge on any atom is 0.272 e. The van der Waals surface area contributed by atoms with Gasteiger partial charge in [-0.1, -0.05) is 20.8 Å². The number of thiazole rings is 1. The predicted octanol–water partition coefficient (Wildman–Crippen LogP) is 3.50. The third kappa shape index (κ3) is 3.38. The molecule has 1 aliphatic rings. The molecule has 5 nitrogen and oxygen atoms in total. The third-order valence-electron chi connectivity index (χ3n) is 4.56. The minimum atomic E-state index is -0.0564. The molecule has 0 aliphatic carbocycles. The molecule has 1 saturated heterocycles. The van der Waals surface area contributed by atoms with E-state index in [0.717, 1.165) is 36.6 Å². The molecule has 0 bridgehead atoms. The van der Waals surface area contributed by atoms with Crippen molar-refractivity contribution in [3.8, 4) is 0 Å². The fourth-order valence-corrected chi connectivity index (χ4v) is 4.02. The Morgan fingerprint density at radius 1 is 1.38 bits per heavy atom. The number of hydrogen-bond acceptors (Lipinski definition) is 4. The first kappa shape index (κ1) is 17.1. The molecule has 1 amide bonds. The van der Waals surface area contributed by atoms with Gasteiger partial charge in [0.2, 0.25) is 0 Å². The minimum Gasteiger partial charge on any atom is -0.337 e. The monoisotopic (exact) mass is 346 g/mol. The molecule has 0 aromatic carbocycles. The molecule has 1 fully saturated rings. The number of rotatable bonds is 2. The van der Waals surface area contributed by atoms with E-state index in [-0.39, 0.29) is 11.3 Å². The average molecular weight is 347 g/mol. The van der Waals surface area contributed by atoms with Gasteiger partial charge in [0.05, 0.1) is 10.7 Å². The second kappa shape index (κ2) is 6.31. The lowest BCUT2D eigenvalue weighted by Crippen LogP contribution is -2.39. The number of aryl methyl sites for hydroxylation is 2. The highest BCUT2D eigenvalue weighted by molar-refractivity contribution is 7.11. The zero-order valence-corrected chi connectivity index (χ0v) is 16.0. The summed E-state index contributed by atoms with van der Waals surface area (Å²) in [5.74, 6) is 0.440. The van der Waals surface area contributed by atoms with Gasteiger partial charge >= 0.3 is 0 Å². The first-order chi connectivity index (χ1) is 11.3. The third-order valence-corrected chi connectivity index (χ3v) is 5.64. The fourth-order valence-electron chi connectivity index (χ4n) is 3.12. The number of carbonyl (C=O) groups is 1. The Morgan fingerprint density at radius 2 is 2.12 bits per heavy atom. The van der Waals surface area contributed by atoms with Crippen LogP contribution in [0.25, 0.3) is 0 Å². The quantitative estimate of drug-likeness (QED) is 0.836. The summed E-state index contributed by atoms with van der Waals surface area (Å²) in [6.07, 6.45) is 4.06. The van der Waals surface area contributed by atoms with Crippen molar-refractivity contribution in [3.05, 3.63) is 33.5 Å². The maximum absolute atomic E-state index is 13.0. The highest BCUT2D eigenvalue weighted by atomic mass is 32.1. The number of amides is 1. The van der Waals surface area contributed by atoms with Gasteiger partial charge in [-0.05, 0) is 25.8 Å². The average Bonchev–Trinajstić information content (AvgIpc) is 3.12. The molecular weight excluding hydrogens is 320 g/mol. The van der Waals surface area contributed by atoms with Gasteiger partial charge in [-0.15, -0.1) is 11.3 Å². The summed E-state index contributed by atoms with van der Waals surface area (Å²) >= 11 is 1.75. The molecule has 1 aliphatic heterocycles. The highest BCUT2D eigenvalue weighted by Crippen LogP contribution is 2.30. The number of likely N-dealkylation sites (tertiary alicyclic amines) is 1. The summed E-state index contributed by atoms with van der Waals surface area (Å²) in [6, 6.07) is 1.94. The number of carbonyl (C=O) groups excluding carboxylic acids is 1. The van der Waals surface area contributed by atoms with Gasteiger partial charge in [0.25, 0.3) is 5.91 Å². The molecule has 130 valence electrons. The van der Waals surface area contributed by atoms with Gasteiger partial charge < -0.3 is 4.90 Å². The molecule has 0 spiro atoms. The van der Waals surface area contributed by atoms with Crippen molar-refractivity contribution < 1.29 is 4.79 Å². The summed E-state index contributed by atoms with van der Waals surface area (Å²) in [5, 5.41) is 5.69. The van der Waals surface area contributed by atoms with Gasteiger partial charge in [-0.2, -0.15) is 5.10 Å². The second-order valence-electron chi connectivity index (χ2n) is 7.69. The van der Waals surface area contributed by atoms with Crippen LogP contribution < -0.4 is 0 Å². The maximum atomic E-state index is 13.0. The Kier molecular flexibility index (Phi) is 4.51. The molecule has 2 aromatic heterocycles. The van der Waals surface area contributed by atoms with E-state index >= 15 is 0 Å². The van der Waals surface area contributed by atoms with Crippen LogP contribution in [-0.2, 0) is 12.5 Å². The molecule has 0 N–H and O–H groups in total. The Balaban J connectivity index is 1.78. The van der Waals surface area contributed by atoms with Crippen molar-refractivity contribution in [1.29, 1.82) is 0 Å². The summed E-state index contributed by atoms with van der Waals surface area (Å²) < 4.78 is 1.72. The zero-order valence-electron chi connectivity index (χ0n) is 15.2. The summed E-state index contributed by atoms with van der Waals surface area (Å²) in [7, 11) is 1.86. The van der Waals surface area contributed by atoms with Crippen LogP contribution in [0.1, 0.15) is 65.6 Å². The van der Waals surface area contributed by atoms with Crippen LogP contribution in [0.5, 0.6) is 0 Å². The van der Waals surface area contributed by atoms with E-state index in [0.29, 0.717) is 11.6 Å². The summed E-state index contributed by atoms with van der Waals surface area (Å²) in [4.78, 5) is 20.7. The van der Waals surface area contributed by atoms with E-state index in [1.807, 2.05) is 24.2 Å². The number of aromatic nitrogens is 3. The molecule has 2 aromatic rings. The Bertz CT molecular complexity index is 741. The lowest BCUT2D eigenvalue weighted by Gasteiger charge is -2.31. The van der Waals surface area contributed by atoms with Crippen molar-refractivity contribution in [2.24, 2.45) is 7.05 Å². The van der Waals surface area contributed by atoms with Gasteiger partial charge in [-0.25, -0.2) is 4.98 Å². The first-order valence-corrected chi connectivity index (χ1v) is 9.33. The van der Waals surface area contributed by atoms with E-state index < -0.39 is 0 Å². The normalized spacial score (nSPS) is 18.9. The summed E-state index contributed by atoms with van der Waals surface area (Å²) in [6.45, 7) is 10.00. The largest absolute Gasteiger partial charge is 0.337 e. The van der Waals surface area contributed by atoms with Crippen LogP contribution in [-0.4, -0.2) is 38.7 Å². The number of nitrogens with zero attached hydrogens (tertiary/aromatic N) is 4. The topological polar surface area (TPSA) is 51.0 Å². The fraction of sp³-hybridized carbons (Fsp3) is 0.611. The van der Waals surface area contributed by atoms with Gasteiger partial charge in [0.15, 0.2) is 0 Å². The van der Waals surface area contributed by atoms with Gasteiger partial charge in [0.1, 0.15) is 5.69 Å². The van der Waals surface area contributed by atoms with Crippen LogP contribution in [0.2, 0.25) is 0 Å². The van der Waals surface area contributed by atoms with Crippen molar-refractivity contribution in [3.63, 3.8) is 0 Å². The zero-order chi connectivity index (χ0) is 17.5. The van der Waals surface area contributed by atoms with E-state index in [4.69, 9.17) is 0 Å². The van der Waals surface area contributed by atoms with Gasteiger partial charge in [0, 0.05) is 42.5 Å². The van der Waals surface area contributed by atoms with Crippen LogP contribution >= 0.6 is 11.3 Å². The predicted molar refractivity (Wildman–Crippen MR) is 96.6 cm³/mol. The van der Waals surface area contributed by atoms with Crippen LogP contribution in [0, 0.1) is 6.92 Å². The van der Waals surface area contributed by atoms with E-state index in [1.165, 1.54) is 4.88 Å². The Morgan fingerprint density at radius 3 is 2.71 bits per heavy atom. The van der Waals surface area contributed by atoms with Crippen molar-refractivity contribution in [2.75, 3.05) is 13.1 Å². The SMILES string of the molecule is Cc1cnc(C2CCCN(C(=O)c3cc(C(C)(C)C)nn3C)C2)s1. The standard InChI is InChI=1S/C18H26N4OS/c1-12-10-19-16(24-12)13-7-6-8-22(11-13)17(23)14-9-15(18(2,3)4)20-21(14)5/h9-10,13H,6-8,11H2,1-5H3. The van der Waals surface area contributed by atoms with E-state index in [1.54, 1.807) is 16.0 Å². The molecule has 6 heteroatoms. The highest BCUT2D eigenvalue weighted by Gasteiger charge is 2.30. The van der Waals surface area contributed by atoms with Crippen molar-refractivity contribution >= 4 is 17.2 Å². The van der Waals surface area contributed by atoms with Gasteiger partial charge in [-0.3, -0.25) is 9.48 Å². The van der Waals surface area contributed by atoms with Crippen LogP contribution in [0.15, 0.2) is 12.3 Å². The molecule has 1 atom stereocenters. The van der Waals surface area contributed by atoms with Crippen LogP contribution in [0.3, 0.4) is 0 Å². The summed E-state index contributed by atoms with van der Waals surface area (Å²) in [5.41, 5.74) is 1.58. The Labute approximate surface area is 147 Å². The molecular formula is C18H26N4OS. The lowest BCUT2D eigenvalue weighted by molar-refractivity contribution is 0.0696. The first-order valence-electron chi connectivity index (χ1n) is 8.52. The van der Waals surface area contributed by atoms with Crippen molar-refractivity contribution in [2.45, 2.75) is 51.9 Å². The number of piperidine rings is 1. The van der Waals surface area contributed by atoms with Crippen molar-refractivity contribution in [1.82, 2.24) is 19.7 Å². The van der Waals surface area contributed by atoms with Crippen LogP contribution in [0.4, 0.5) is 0 Å².